The van der Waals surface area contributed by atoms with Crippen LogP contribution in [0.5, 0.6) is 0 Å². The fourth-order valence-electron chi connectivity index (χ4n) is 1.93. The first-order valence-electron chi connectivity index (χ1n) is 6.76. The number of amides is 2. The molecule has 0 saturated carbocycles. The molecule has 0 atom stereocenters. The molecule has 0 saturated heterocycles. The zero-order valence-electron chi connectivity index (χ0n) is 12.4. The molecule has 0 unspecified atom stereocenters. The van der Waals surface area contributed by atoms with Crippen LogP contribution in [0.1, 0.15) is 32.8 Å². The molecule has 1 rings (SSSR count). The number of carbonyl (C=O) groups is 1. The lowest BCUT2D eigenvalue weighted by atomic mass is 10.0. The zero-order chi connectivity index (χ0) is 14.5. The van der Waals surface area contributed by atoms with Gasteiger partial charge in [-0.05, 0) is 44.9 Å². The molecule has 1 aromatic rings. The number of carbonyl (C=O) groups excluding carboxylic acids is 1. The summed E-state index contributed by atoms with van der Waals surface area (Å²) in [7, 11) is 0. The van der Waals surface area contributed by atoms with Gasteiger partial charge in [0.2, 0.25) is 0 Å². The van der Waals surface area contributed by atoms with E-state index in [2.05, 4.69) is 12.2 Å². The normalized spacial score (nSPS) is 11.2. The number of benzene rings is 1. The van der Waals surface area contributed by atoms with E-state index >= 15 is 0 Å². The van der Waals surface area contributed by atoms with E-state index in [9.17, 15) is 4.79 Å². The Kier molecular flexibility index (Phi) is 5.36. The molecule has 0 aromatic heterocycles. The Morgan fingerprint density at radius 2 is 2.11 bits per heavy atom. The topological polar surface area (TPSA) is 58.4 Å². The second kappa shape index (κ2) is 6.57. The van der Waals surface area contributed by atoms with Crippen molar-refractivity contribution in [2.24, 2.45) is 5.73 Å². The fraction of sp³-hybridized carbons (Fsp3) is 0.533. The van der Waals surface area contributed by atoms with Gasteiger partial charge in [0.05, 0.1) is 5.54 Å². The van der Waals surface area contributed by atoms with Crippen molar-refractivity contribution in [2.45, 2.75) is 39.7 Å². The van der Waals surface area contributed by atoms with Crippen molar-refractivity contribution in [2.75, 3.05) is 18.4 Å². The summed E-state index contributed by atoms with van der Waals surface area (Å²) in [4.78, 5) is 14.2. The Morgan fingerprint density at radius 3 is 2.63 bits per heavy atom. The molecule has 19 heavy (non-hydrogen) atoms. The molecule has 0 heterocycles. The van der Waals surface area contributed by atoms with E-state index in [1.54, 1.807) is 4.90 Å². The average Bonchev–Trinajstić information content (AvgIpc) is 2.35. The number of nitrogens with two attached hydrogens (primary N) is 1. The number of nitrogens with zero attached hydrogens (tertiary/aromatic N) is 1. The van der Waals surface area contributed by atoms with Gasteiger partial charge in [-0.3, -0.25) is 0 Å². The van der Waals surface area contributed by atoms with Gasteiger partial charge in [-0.15, -0.1) is 0 Å². The maximum absolute atomic E-state index is 12.4. The quantitative estimate of drug-likeness (QED) is 0.858. The van der Waals surface area contributed by atoms with E-state index in [-0.39, 0.29) is 11.6 Å². The fourth-order valence-corrected chi connectivity index (χ4v) is 1.93. The third-order valence-corrected chi connectivity index (χ3v) is 3.19. The molecule has 4 heteroatoms. The number of hydrogen-bond acceptors (Lipinski definition) is 2. The van der Waals surface area contributed by atoms with Gasteiger partial charge in [-0.25, -0.2) is 4.79 Å². The van der Waals surface area contributed by atoms with Crippen LogP contribution in [0.3, 0.4) is 0 Å². The lowest BCUT2D eigenvalue weighted by Gasteiger charge is -2.37. The molecule has 0 bridgehead atoms. The summed E-state index contributed by atoms with van der Waals surface area (Å²) in [5.41, 5.74) is 7.37. The number of rotatable bonds is 5. The molecule has 0 aliphatic carbocycles. The third kappa shape index (κ3) is 4.24. The minimum Gasteiger partial charge on any atom is -0.328 e. The Hall–Kier alpha value is -1.55. The summed E-state index contributed by atoms with van der Waals surface area (Å²) in [5.74, 6) is 0. The maximum Gasteiger partial charge on any atom is 0.322 e. The number of nitrogens with one attached hydrogen (secondary N) is 1. The molecule has 4 nitrogen and oxygen atoms in total. The van der Waals surface area contributed by atoms with Crippen LogP contribution in [0, 0.1) is 6.92 Å². The van der Waals surface area contributed by atoms with Crippen LogP contribution in [0.25, 0.3) is 0 Å². The van der Waals surface area contributed by atoms with Gasteiger partial charge < -0.3 is 16.0 Å². The van der Waals surface area contributed by atoms with Crippen LogP contribution in [-0.4, -0.2) is 29.6 Å². The highest BCUT2D eigenvalue weighted by atomic mass is 16.2. The van der Waals surface area contributed by atoms with Crippen molar-refractivity contribution < 1.29 is 4.79 Å². The smallest absolute Gasteiger partial charge is 0.322 e. The van der Waals surface area contributed by atoms with Crippen LogP contribution < -0.4 is 11.1 Å². The van der Waals surface area contributed by atoms with E-state index in [1.807, 2.05) is 45.0 Å². The monoisotopic (exact) mass is 263 g/mol. The summed E-state index contributed by atoms with van der Waals surface area (Å²) >= 11 is 0. The third-order valence-electron chi connectivity index (χ3n) is 3.19. The van der Waals surface area contributed by atoms with E-state index in [0.29, 0.717) is 13.1 Å². The Bertz CT molecular complexity index is 429. The van der Waals surface area contributed by atoms with Gasteiger partial charge in [0.15, 0.2) is 0 Å². The highest BCUT2D eigenvalue weighted by Crippen LogP contribution is 2.17. The Labute approximate surface area is 116 Å². The standard InChI is InChI=1S/C15H25N3O/c1-5-9-18(15(3,4)11-16)14(19)17-13-8-6-7-12(2)10-13/h6-8,10H,5,9,11,16H2,1-4H3,(H,17,19). The predicted octanol–water partition coefficient (Wildman–Crippen LogP) is 2.98. The maximum atomic E-state index is 12.4. The van der Waals surface area contributed by atoms with E-state index < -0.39 is 0 Å². The largest absolute Gasteiger partial charge is 0.328 e. The van der Waals surface area contributed by atoms with Gasteiger partial charge in [0.25, 0.3) is 0 Å². The van der Waals surface area contributed by atoms with Crippen LogP contribution in [0.15, 0.2) is 24.3 Å². The first kappa shape index (κ1) is 15.5. The zero-order valence-corrected chi connectivity index (χ0v) is 12.4. The van der Waals surface area contributed by atoms with Crippen LogP contribution in [0.2, 0.25) is 0 Å². The molecule has 0 aliphatic heterocycles. The molecular weight excluding hydrogens is 238 g/mol. The second-order valence-corrected chi connectivity index (χ2v) is 5.47. The first-order valence-corrected chi connectivity index (χ1v) is 6.76. The van der Waals surface area contributed by atoms with Crippen LogP contribution in [0.4, 0.5) is 10.5 Å². The van der Waals surface area contributed by atoms with Crippen molar-refractivity contribution in [3.63, 3.8) is 0 Å². The summed E-state index contributed by atoms with van der Waals surface area (Å²) in [5, 5.41) is 2.94. The van der Waals surface area contributed by atoms with Gasteiger partial charge in [-0.2, -0.15) is 0 Å². The van der Waals surface area contributed by atoms with Crippen molar-refractivity contribution in [3.05, 3.63) is 29.8 Å². The van der Waals surface area contributed by atoms with Crippen molar-refractivity contribution in [1.29, 1.82) is 0 Å². The van der Waals surface area contributed by atoms with E-state index in [4.69, 9.17) is 5.73 Å². The summed E-state index contributed by atoms with van der Waals surface area (Å²) in [6, 6.07) is 7.69. The van der Waals surface area contributed by atoms with Crippen LogP contribution in [-0.2, 0) is 0 Å². The van der Waals surface area contributed by atoms with Gasteiger partial charge in [-0.1, -0.05) is 19.1 Å². The second-order valence-electron chi connectivity index (χ2n) is 5.47. The summed E-state index contributed by atoms with van der Waals surface area (Å²) in [6.07, 6.45) is 0.907. The Balaban J connectivity index is 2.83. The molecule has 0 aliphatic rings. The SMILES string of the molecule is CCCN(C(=O)Nc1cccc(C)c1)C(C)(C)CN. The minimum absolute atomic E-state index is 0.0945. The van der Waals surface area contributed by atoms with Crippen molar-refractivity contribution in [3.8, 4) is 0 Å². The van der Waals surface area contributed by atoms with Crippen molar-refractivity contribution in [1.82, 2.24) is 4.90 Å². The summed E-state index contributed by atoms with van der Waals surface area (Å²) in [6.45, 7) is 9.16. The molecule has 1 aromatic carbocycles. The van der Waals surface area contributed by atoms with E-state index in [0.717, 1.165) is 17.7 Å². The number of aryl methyl sites for hydroxylation is 1. The van der Waals surface area contributed by atoms with Gasteiger partial charge in [0, 0.05) is 18.8 Å². The highest BCUT2D eigenvalue weighted by Gasteiger charge is 2.28. The lowest BCUT2D eigenvalue weighted by molar-refractivity contribution is 0.150. The van der Waals surface area contributed by atoms with Gasteiger partial charge in [0.1, 0.15) is 0 Å². The molecular formula is C15H25N3O. The molecule has 3 N–H and O–H groups in total. The predicted molar refractivity (Wildman–Crippen MR) is 80.3 cm³/mol. The van der Waals surface area contributed by atoms with Gasteiger partial charge >= 0.3 is 6.03 Å². The first-order chi connectivity index (χ1) is 8.90. The molecule has 2 amide bonds. The molecule has 0 radical (unpaired) electrons. The van der Waals surface area contributed by atoms with Crippen molar-refractivity contribution >= 4 is 11.7 Å². The van der Waals surface area contributed by atoms with Crippen LogP contribution >= 0.6 is 0 Å². The highest BCUT2D eigenvalue weighted by molar-refractivity contribution is 5.89. The van der Waals surface area contributed by atoms with E-state index in [1.165, 1.54) is 0 Å². The lowest BCUT2D eigenvalue weighted by Crippen LogP contribution is -2.54. The average molecular weight is 263 g/mol. The summed E-state index contributed by atoms with van der Waals surface area (Å²) < 4.78 is 0. The molecule has 0 fully saturated rings. The number of hydrogen-bond donors (Lipinski definition) is 2. The number of urea groups is 1. The molecule has 0 spiro atoms. The minimum atomic E-state index is -0.343. The molecule has 106 valence electrons. The Morgan fingerprint density at radius 1 is 1.42 bits per heavy atom. The number of anilines is 1.